The number of nitrogens with zero attached hydrogens (tertiary/aromatic N) is 4. The molecular weight excluding hydrogens is 548 g/mol. The summed E-state index contributed by atoms with van der Waals surface area (Å²) in [5.41, 5.74) is 10.0. The van der Waals surface area contributed by atoms with Gasteiger partial charge in [0.05, 0.1) is 11.0 Å². The lowest BCUT2D eigenvalue weighted by Crippen LogP contribution is -2.12. The molecule has 0 saturated carbocycles. The van der Waals surface area contributed by atoms with E-state index in [4.69, 9.17) is 0 Å². The molecular formula is C41H30N4. The van der Waals surface area contributed by atoms with Crippen LogP contribution in [-0.2, 0) is 0 Å². The fourth-order valence-electron chi connectivity index (χ4n) is 6.22. The van der Waals surface area contributed by atoms with Crippen molar-refractivity contribution in [3.05, 3.63) is 182 Å². The highest BCUT2D eigenvalue weighted by molar-refractivity contribution is 6.10. The number of pyridine rings is 1. The van der Waals surface area contributed by atoms with E-state index >= 15 is 0 Å². The quantitative estimate of drug-likeness (QED) is 0.188. The molecule has 0 spiro atoms. The average molecular weight is 579 g/mol. The smallest absolute Gasteiger partial charge is 0.0571 e. The van der Waals surface area contributed by atoms with Gasteiger partial charge in [-0.1, -0.05) is 72.8 Å². The average Bonchev–Trinajstić information content (AvgIpc) is 3.45. The molecule has 0 fully saturated rings. The zero-order chi connectivity index (χ0) is 30.0. The summed E-state index contributed by atoms with van der Waals surface area (Å²) in [4.78, 5) is 9.11. The van der Waals surface area contributed by atoms with Crippen LogP contribution >= 0.6 is 0 Å². The molecule has 0 amide bonds. The molecule has 0 saturated heterocycles. The monoisotopic (exact) mass is 578 g/mol. The van der Waals surface area contributed by atoms with Gasteiger partial charge < -0.3 is 14.4 Å². The summed E-state index contributed by atoms with van der Waals surface area (Å²) in [5, 5.41) is 2.29. The zero-order valence-electron chi connectivity index (χ0n) is 24.6. The first-order valence-corrected chi connectivity index (χ1v) is 15.1. The summed E-state index contributed by atoms with van der Waals surface area (Å²) in [6.07, 6.45) is 3.85. The van der Waals surface area contributed by atoms with Gasteiger partial charge in [0.25, 0.3) is 0 Å². The third-order valence-corrected chi connectivity index (χ3v) is 8.23. The van der Waals surface area contributed by atoms with Crippen molar-refractivity contribution in [3.63, 3.8) is 0 Å². The van der Waals surface area contributed by atoms with Gasteiger partial charge in [0.15, 0.2) is 0 Å². The number of anilines is 6. The van der Waals surface area contributed by atoms with Gasteiger partial charge in [0.2, 0.25) is 0 Å². The second kappa shape index (κ2) is 11.5. The zero-order valence-corrected chi connectivity index (χ0v) is 24.6. The summed E-state index contributed by atoms with van der Waals surface area (Å²) in [6, 6.07) is 59.8. The molecule has 0 unspecified atom stereocenters. The first-order chi connectivity index (χ1) is 22.3. The Kier molecular flexibility index (Phi) is 6.78. The Labute approximate surface area is 262 Å². The van der Waals surface area contributed by atoms with E-state index in [9.17, 15) is 0 Å². The van der Waals surface area contributed by atoms with E-state index in [0.29, 0.717) is 0 Å². The van der Waals surface area contributed by atoms with E-state index < -0.39 is 0 Å². The number of fused-ring (bicyclic) bond motifs is 3. The summed E-state index contributed by atoms with van der Waals surface area (Å²) in [5.74, 6) is 0. The number of aromatic nitrogens is 2. The van der Waals surface area contributed by atoms with Crippen molar-refractivity contribution in [2.75, 3.05) is 9.80 Å². The van der Waals surface area contributed by atoms with Crippen molar-refractivity contribution >= 4 is 55.9 Å². The van der Waals surface area contributed by atoms with Crippen molar-refractivity contribution in [3.8, 4) is 5.69 Å². The van der Waals surface area contributed by atoms with E-state index in [1.807, 2.05) is 12.4 Å². The highest BCUT2D eigenvalue weighted by atomic mass is 15.2. The molecule has 0 aliphatic rings. The van der Waals surface area contributed by atoms with Gasteiger partial charge in [-0.25, -0.2) is 0 Å². The first-order valence-electron chi connectivity index (χ1n) is 15.1. The molecule has 2 aromatic heterocycles. The molecule has 6 aromatic carbocycles. The Morgan fingerprint density at radius 1 is 0.378 bits per heavy atom. The molecule has 0 N–H and O–H groups in total. The normalized spacial score (nSPS) is 11.1. The minimum absolute atomic E-state index is 1.08. The Balaban J connectivity index is 1.26. The van der Waals surface area contributed by atoms with Gasteiger partial charge in [0.1, 0.15) is 0 Å². The van der Waals surface area contributed by atoms with Gasteiger partial charge in [-0.3, -0.25) is 4.98 Å². The fraction of sp³-hybridized carbons (Fsp3) is 0. The molecule has 0 radical (unpaired) electrons. The van der Waals surface area contributed by atoms with Crippen LogP contribution in [0.25, 0.3) is 27.5 Å². The SMILES string of the molecule is c1ccc(N(c2ccccc2)c2ccc(N(c3ccccc3)c3ccc4c(c3)c3cnccc3n4-c3ccccc3)cc2)cc1. The van der Waals surface area contributed by atoms with Crippen LogP contribution in [0.15, 0.2) is 182 Å². The largest absolute Gasteiger partial charge is 0.311 e. The van der Waals surface area contributed by atoms with Gasteiger partial charge in [0, 0.05) is 63.0 Å². The van der Waals surface area contributed by atoms with Gasteiger partial charge >= 0.3 is 0 Å². The van der Waals surface area contributed by atoms with Crippen LogP contribution in [0.2, 0.25) is 0 Å². The highest BCUT2D eigenvalue weighted by Crippen LogP contribution is 2.41. The maximum Gasteiger partial charge on any atom is 0.0571 e. The molecule has 8 aromatic rings. The third kappa shape index (κ3) is 4.89. The maximum atomic E-state index is 4.51. The van der Waals surface area contributed by atoms with Crippen LogP contribution in [0, 0.1) is 0 Å². The van der Waals surface area contributed by atoms with E-state index in [-0.39, 0.29) is 0 Å². The van der Waals surface area contributed by atoms with E-state index in [1.54, 1.807) is 0 Å². The van der Waals surface area contributed by atoms with Crippen LogP contribution in [0.5, 0.6) is 0 Å². The van der Waals surface area contributed by atoms with E-state index in [0.717, 1.165) is 61.6 Å². The predicted molar refractivity (Wildman–Crippen MR) is 188 cm³/mol. The Bertz CT molecular complexity index is 2150. The van der Waals surface area contributed by atoms with Gasteiger partial charge in [-0.2, -0.15) is 0 Å². The van der Waals surface area contributed by atoms with Gasteiger partial charge in [-0.15, -0.1) is 0 Å². The van der Waals surface area contributed by atoms with E-state index in [1.165, 1.54) is 0 Å². The number of benzene rings is 6. The fourth-order valence-corrected chi connectivity index (χ4v) is 6.22. The van der Waals surface area contributed by atoms with Crippen molar-refractivity contribution in [2.45, 2.75) is 0 Å². The summed E-state index contributed by atoms with van der Waals surface area (Å²) >= 11 is 0. The molecule has 214 valence electrons. The number of hydrogen-bond donors (Lipinski definition) is 0. The summed E-state index contributed by atoms with van der Waals surface area (Å²) < 4.78 is 2.32. The maximum absolute atomic E-state index is 4.51. The van der Waals surface area contributed by atoms with Crippen molar-refractivity contribution < 1.29 is 0 Å². The standard InChI is InChI=1S/C41H30N4/c1-5-13-31(14-6-1)43(32-15-7-2-8-16-32)35-21-23-36(24-22-35)44(33-17-9-3-10-18-33)37-25-26-40-38(29-37)39-30-42-28-27-41(39)45(40)34-19-11-4-12-20-34/h1-30H. The van der Waals surface area contributed by atoms with Crippen LogP contribution in [0.4, 0.5) is 34.1 Å². The van der Waals surface area contributed by atoms with Crippen LogP contribution in [0.3, 0.4) is 0 Å². The molecule has 0 aliphatic carbocycles. The van der Waals surface area contributed by atoms with Gasteiger partial charge in [-0.05, 0) is 97.1 Å². The Morgan fingerprint density at radius 2 is 0.800 bits per heavy atom. The minimum atomic E-state index is 1.08. The second-order valence-corrected chi connectivity index (χ2v) is 11.0. The molecule has 0 bridgehead atoms. The Hall–Kier alpha value is -6.13. The summed E-state index contributed by atoms with van der Waals surface area (Å²) in [6.45, 7) is 0. The van der Waals surface area contributed by atoms with Crippen LogP contribution in [-0.4, -0.2) is 9.55 Å². The first kappa shape index (κ1) is 26.5. The predicted octanol–water partition coefficient (Wildman–Crippen LogP) is 11.1. The molecule has 4 heteroatoms. The molecule has 4 nitrogen and oxygen atoms in total. The van der Waals surface area contributed by atoms with E-state index in [2.05, 4.69) is 189 Å². The van der Waals surface area contributed by atoms with Crippen molar-refractivity contribution in [1.29, 1.82) is 0 Å². The molecule has 2 heterocycles. The number of hydrogen-bond acceptors (Lipinski definition) is 3. The minimum Gasteiger partial charge on any atom is -0.311 e. The van der Waals surface area contributed by atoms with Crippen LogP contribution < -0.4 is 9.80 Å². The summed E-state index contributed by atoms with van der Waals surface area (Å²) in [7, 11) is 0. The third-order valence-electron chi connectivity index (χ3n) is 8.23. The van der Waals surface area contributed by atoms with Crippen molar-refractivity contribution in [2.24, 2.45) is 0 Å². The highest BCUT2D eigenvalue weighted by Gasteiger charge is 2.18. The van der Waals surface area contributed by atoms with Crippen LogP contribution in [0.1, 0.15) is 0 Å². The molecule has 8 rings (SSSR count). The van der Waals surface area contributed by atoms with Crippen molar-refractivity contribution in [1.82, 2.24) is 9.55 Å². The number of rotatable bonds is 7. The molecule has 0 aliphatic heterocycles. The Morgan fingerprint density at radius 3 is 1.33 bits per heavy atom. The molecule has 0 atom stereocenters. The molecule has 45 heavy (non-hydrogen) atoms. The topological polar surface area (TPSA) is 24.3 Å². The lowest BCUT2D eigenvalue weighted by atomic mass is 10.1. The lowest BCUT2D eigenvalue weighted by molar-refractivity contribution is 1.17. The lowest BCUT2D eigenvalue weighted by Gasteiger charge is -2.28. The second-order valence-electron chi connectivity index (χ2n) is 11.0. The number of para-hydroxylation sites is 4.